The Morgan fingerprint density at radius 1 is 1.32 bits per heavy atom. The molecule has 108 valence electrons. The van der Waals surface area contributed by atoms with Crippen LogP contribution in [0.1, 0.15) is 44.3 Å². The molecular weight excluding hydrogens is 240 g/mol. The fourth-order valence-electron chi connectivity index (χ4n) is 2.49. The summed E-state index contributed by atoms with van der Waals surface area (Å²) >= 11 is 0. The Labute approximate surface area is 115 Å². The van der Waals surface area contributed by atoms with Crippen molar-refractivity contribution >= 4 is 0 Å². The number of hydrogen-bond donors (Lipinski definition) is 0. The van der Waals surface area contributed by atoms with Crippen molar-refractivity contribution in [1.82, 2.24) is 19.9 Å². The topological polar surface area (TPSA) is 43.2 Å². The minimum Gasteiger partial charge on any atom is -0.374 e. The van der Waals surface area contributed by atoms with Crippen molar-refractivity contribution in [3.63, 3.8) is 0 Å². The van der Waals surface area contributed by atoms with E-state index >= 15 is 0 Å². The standard InChI is InChI=1S/C14H26N4O/c1-12-4-6-14(7-5-12)18-10-13(15-16-18)11-19-9-8-17(2)3/h10,12,14H,4-9,11H2,1-3H3/t12-,14-. The molecule has 0 radical (unpaired) electrons. The van der Waals surface area contributed by atoms with Gasteiger partial charge in [-0.1, -0.05) is 12.1 Å². The van der Waals surface area contributed by atoms with Crippen LogP contribution in [0.15, 0.2) is 6.20 Å². The van der Waals surface area contributed by atoms with Gasteiger partial charge in [-0.15, -0.1) is 5.10 Å². The van der Waals surface area contributed by atoms with Crippen LogP contribution in [0.5, 0.6) is 0 Å². The minimum atomic E-state index is 0.541. The summed E-state index contributed by atoms with van der Waals surface area (Å²) < 4.78 is 7.63. The van der Waals surface area contributed by atoms with Crippen molar-refractivity contribution in [3.05, 3.63) is 11.9 Å². The zero-order valence-corrected chi connectivity index (χ0v) is 12.4. The molecule has 0 aliphatic heterocycles. The Morgan fingerprint density at radius 3 is 2.74 bits per heavy atom. The van der Waals surface area contributed by atoms with E-state index in [2.05, 4.69) is 28.3 Å². The number of likely N-dealkylation sites (N-methyl/N-ethyl adjacent to an activating group) is 1. The molecule has 0 amide bonds. The predicted molar refractivity (Wildman–Crippen MR) is 74.9 cm³/mol. The molecule has 0 N–H and O–H groups in total. The Balaban J connectivity index is 1.75. The van der Waals surface area contributed by atoms with Gasteiger partial charge in [0.15, 0.2) is 0 Å². The molecule has 1 saturated carbocycles. The third-order valence-corrected chi connectivity index (χ3v) is 3.85. The lowest BCUT2D eigenvalue weighted by molar-refractivity contribution is 0.103. The second-order valence-electron chi connectivity index (χ2n) is 5.96. The summed E-state index contributed by atoms with van der Waals surface area (Å²) in [5, 5.41) is 8.46. The van der Waals surface area contributed by atoms with Gasteiger partial charge in [0.25, 0.3) is 0 Å². The fourth-order valence-corrected chi connectivity index (χ4v) is 2.49. The first-order chi connectivity index (χ1) is 9.15. The first-order valence-corrected chi connectivity index (χ1v) is 7.28. The van der Waals surface area contributed by atoms with Crippen LogP contribution in [0.3, 0.4) is 0 Å². The second kappa shape index (κ2) is 7.01. The molecule has 19 heavy (non-hydrogen) atoms. The molecule has 1 aromatic heterocycles. The smallest absolute Gasteiger partial charge is 0.108 e. The van der Waals surface area contributed by atoms with E-state index in [0.29, 0.717) is 12.6 Å². The highest BCUT2D eigenvalue weighted by molar-refractivity contribution is 4.92. The van der Waals surface area contributed by atoms with E-state index in [-0.39, 0.29) is 0 Å². The molecule has 1 aliphatic carbocycles. The summed E-state index contributed by atoms with van der Waals surface area (Å²) in [5.74, 6) is 0.869. The minimum absolute atomic E-state index is 0.541. The molecular formula is C14H26N4O. The molecule has 5 heteroatoms. The third kappa shape index (κ3) is 4.58. The highest BCUT2D eigenvalue weighted by Gasteiger charge is 2.20. The molecule has 0 bridgehead atoms. The first kappa shape index (κ1) is 14.5. The highest BCUT2D eigenvalue weighted by atomic mass is 16.5. The van der Waals surface area contributed by atoms with Crippen molar-refractivity contribution in [3.8, 4) is 0 Å². The lowest BCUT2D eigenvalue weighted by Gasteiger charge is -2.25. The maximum atomic E-state index is 5.59. The average Bonchev–Trinajstić information content (AvgIpc) is 2.84. The quantitative estimate of drug-likeness (QED) is 0.740. The highest BCUT2D eigenvalue weighted by Crippen LogP contribution is 2.31. The largest absolute Gasteiger partial charge is 0.374 e. The lowest BCUT2D eigenvalue weighted by Crippen LogP contribution is -2.18. The van der Waals surface area contributed by atoms with Crippen LogP contribution in [0, 0.1) is 5.92 Å². The third-order valence-electron chi connectivity index (χ3n) is 3.85. The van der Waals surface area contributed by atoms with Crippen LogP contribution >= 0.6 is 0 Å². The van der Waals surface area contributed by atoms with Crippen molar-refractivity contribution < 1.29 is 4.74 Å². The summed E-state index contributed by atoms with van der Waals surface area (Å²) in [7, 11) is 4.09. The first-order valence-electron chi connectivity index (χ1n) is 7.28. The van der Waals surface area contributed by atoms with Crippen molar-refractivity contribution in [2.24, 2.45) is 5.92 Å². The Bertz CT molecular complexity index is 369. The number of ether oxygens (including phenoxy) is 1. The van der Waals surface area contributed by atoms with E-state index in [1.807, 2.05) is 18.8 Å². The van der Waals surface area contributed by atoms with Gasteiger partial charge in [0.1, 0.15) is 5.69 Å². The van der Waals surface area contributed by atoms with Gasteiger partial charge in [0, 0.05) is 6.54 Å². The van der Waals surface area contributed by atoms with Crippen LogP contribution in [-0.2, 0) is 11.3 Å². The van der Waals surface area contributed by atoms with E-state index < -0.39 is 0 Å². The maximum absolute atomic E-state index is 5.59. The van der Waals surface area contributed by atoms with Crippen LogP contribution in [-0.4, -0.2) is 47.1 Å². The normalized spacial score (nSPS) is 24.0. The molecule has 0 saturated heterocycles. The van der Waals surface area contributed by atoms with Gasteiger partial charge in [0.05, 0.1) is 25.5 Å². The van der Waals surface area contributed by atoms with E-state index in [1.54, 1.807) is 0 Å². The second-order valence-corrected chi connectivity index (χ2v) is 5.96. The molecule has 5 nitrogen and oxygen atoms in total. The molecule has 0 atom stereocenters. The molecule has 1 fully saturated rings. The molecule has 1 aromatic rings. The van der Waals surface area contributed by atoms with Gasteiger partial charge in [-0.25, -0.2) is 4.68 Å². The Kier molecular flexibility index (Phi) is 5.34. The summed E-state index contributed by atoms with van der Waals surface area (Å²) in [6, 6.07) is 0.541. The van der Waals surface area contributed by atoms with Crippen molar-refractivity contribution in [2.45, 2.75) is 45.3 Å². The van der Waals surface area contributed by atoms with Crippen LogP contribution < -0.4 is 0 Å². The van der Waals surface area contributed by atoms with Gasteiger partial charge in [-0.3, -0.25) is 0 Å². The molecule has 0 spiro atoms. The molecule has 1 aliphatic rings. The van der Waals surface area contributed by atoms with Gasteiger partial charge in [0.2, 0.25) is 0 Å². The Hall–Kier alpha value is -0.940. The van der Waals surface area contributed by atoms with E-state index in [1.165, 1.54) is 25.7 Å². The van der Waals surface area contributed by atoms with Gasteiger partial charge in [-0.2, -0.15) is 0 Å². The van der Waals surface area contributed by atoms with Gasteiger partial charge in [-0.05, 0) is 45.7 Å². The van der Waals surface area contributed by atoms with Crippen LogP contribution in [0.25, 0.3) is 0 Å². The molecule has 2 rings (SSSR count). The van der Waals surface area contributed by atoms with Crippen molar-refractivity contribution in [1.29, 1.82) is 0 Å². The van der Waals surface area contributed by atoms with Crippen LogP contribution in [0.2, 0.25) is 0 Å². The monoisotopic (exact) mass is 266 g/mol. The zero-order chi connectivity index (χ0) is 13.7. The summed E-state index contributed by atoms with van der Waals surface area (Å²) in [5.41, 5.74) is 0.942. The number of nitrogens with zero attached hydrogens (tertiary/aromatic N) is 4. The average molecular weight is 266 g/mol. The number of hydrogen-bond acceptors (Lipinski definition) is 4. The fraction of sp³-hybridized carbons (Fsp3) is 0.857. The van der Waals surface area contributed by atoms with Crippen molar-refractivity contribution in [2.75, 3.05) is 27.2 Å². The maximum Gasteiger partial charge on any atom is 0.108 e. The predicted octanol–water partition coefficient (Wildman–Crippen LogP) is 2.11. The molecule has 0 aromatic carbocycles. The summed E-state index contributed by atoms with van der Waals surface area (Å²) in [4.78, 5) is 2.11. The zero-order valence-electron chi connectivity index (χ0n) is 12.4. The number of aromatic nitrogens is 3. The number of rotatable bonds is 6. The van der Waals surface area contributed by atoms with Crippen LogP contribution in [0.4, 0.5) is 0 Å². The van der Waals surface area contributed by atoms with Gasteiger partial charge >= 0.3 is 0 Å². The summed E-state index contributed by atoms with van der Waals surface area (Å²) in [6.07, 6.45) is 7.12. The van der Waals surface area contributed by atoms with E-state index in [4.69, 9.17) is 4.74 Å². The van der Waals surface area contributed by atoms with Gasteiger partial charge < -0.3 is 9.64 Å². The van der Waals surface area contributed by atoms with E-state index in [0.717, 1.165) is 24.8 Å². The molecule has 0 unspecified atom stereocenters. The molecule has 1 heterocycles. The summed E-state index contributed by atoms with van der Waals surface area (Å²) in [6.45, 7) is 4.58. The SMILES string of the molecule is CN(C)CCOCc1cn([C@H]2CC[C@H](C)CC2)nn1. The Morgan fingerprint density at radius 2 is 2.05 bits per heavy atom. The van der Waals surface area contributed by atoms with E-state index in [9.17, 15) is 0 Å². The lowest BCUT2D eigenvalue weighted by atomic mass is 9.87.